The molecule has 0 aliphatic carbocycles. The Labute approximate surface area is 197 Å². The van der Waals surface area contributed by atoms with Gasteiger partial charge in [-0.15, -0.1) is 0 Å². The Morgan fingerprint density at radius 2 is 1.68 bits per heavy atom. The number of hydrogen-bond acceptors (Lipinski definition) is 4. The van der Waals surface area contributed by atoms with Crippen LogP contribution >= 0.6 is 0 Å². The highest BCUT2D eigenvalue weighted by atomic mass is 16.2. The van der Waals surface area contributed by atoms with Crippen molar-refractivity contribution in [1.82, 2.24) is 9.55 Å². The van der Waals surface area contributed by atoms with Crippen molar-refractivity contribution in [2.75, 3.05) is 10.6 Å². The molecule has 3 aromatic carbocycles. The molecule has 0 fully saturated rings. The third-order valence-electron chi connectivity index (χ3n) is 5.63. The van der Waals surface area contributed by atoms with Gasteiger partial charge >= 0.3 is 0 Å². The van der Waals surface area contributed by atoms with E-state index < -0.39 is 11.6 Å². The molecule has 172 valence electrons. The van der Waals surface area contributed by atoms with E-state index in [1.807, 2.05) is 43.3 Å². The number of aromatic nitrogens is 2. The number of carbonyl (C=O) groups excluding carboxylic acids is 2. The van der Waals surface area contributed by atoms with Crippen molar-refractivity contribution in [2.24, 2.45) is 0 Å². The predicted octanol–water partition coefficient (Wildman–Crippen LogP) is 4.92. The van der Waals surface area contributed by atoms with E-state index >= 15 is 0 Å². The van der Waals surface area contributed by atoms with Gasteiger partial charge in [0.05, 0.1) is 16.7 Å². The molecule has 1 aromatic heterocycles. The van der Waals surface area contributed by atoms with E-state index in [0.717, 1.165) is 5.56 Å². The van der Waals surface area contributed by atoms with Gasteiger partial charge in [0.2, 0.25) is 11.8 Å². The number of para-hydroxylation sites is 3. The molecular formula is C27H26N4O3. The predicted molar refractivity (Wildman–Crippen MR) is 135 cm³/mol. The van der Waals surface area contributed by atoms with Crippen LogP contribution in [0.4, 0.5) is 11.4 Å². The SMILES string of the molecule is CCC(=O)Nc1ccc(C)cc1-c1nc2ccccc2n(C(C)C(=O)Nc2ccccc2)c1=O. The molecule has 0 aliphatic heterocycles. The number of anilines is 2. The highest BCUT2D eigenvalue weighted by Gasteiger charge is 2.23. The summed E-state index contributed by atoms with van der Waals surface area (Å²) >= 11 is 0. The number of nitrogens with one attached hydrogen (secondary N) is 2. The fourth-order valence-corrected chi connectivity index (χ4v) is 3.80. The lowest BCUT2D eigenvalue weighted by Crippen LogP contribution is -2.33. The fourth-order valence-electron chi connectivity index (χ4n) is 3.80. The van der Waals surface area contributed by atoms with Gasteiger partial charge in [0, 0.05) is 17.7 Å². The second kappa shape index (κ2) is 9.70. The van der Waals surface area contributed by atoms with Gasteiger partial charge in [-0.3, -0.25) is 19.0 Å². The van der Waals surface area contributed by atoms with Gasteiger partial charge in [-0.25, -0.2) is 4.98 Å². The molecule has 0 saturated heterocycles. The standard InChI is InChI=1S/C27H26N4O3/c1-4-24(32)29-21-15-14-17(2)16-20(21)25-27(34)31(23-13-9-8-12-22(23)30-25)18(3)26(33)28-19-10-6-5-7-11-19/h5-16,18H,4H2,1-3H3,(H,28,33)(H,29,32). The van der Waals surface area contributed by atoms with Crippen LogP contribution in [0.2, 0.25) is 0 Å². The Bertz CT molecular complexity index is 1430. The highest BCUT2D eigenvalue weighted by molar-refractivity contribution is 5.96. The normalized spacial score (nSPS) is 11.7. The average molecular weight is 455 g/mol. The molecule has 1 heterocycles. The van der Waals surface area contributed by atoms with Crippen molar-refractivity contribution in [3.63, 3.8) is 0 Å². The number of hydrogen-bond donors (Lipinski definition) is 2. The largest absolute Gasteiger partial charge is 0.325 e. The fraction of sp³-hybridized carbons (Fsp3) is 0.185. The zero-order valence-corrected chi connectivity index (χ0v) is 19.3. The average Bonchev–Trinajstić information content (AvgIpc) is 2.85. The van der Waals surface area contributed by atoms with Crippen LogP contribution in [-0.4, -0.2) is 21.4 Å². The summed E-state index contributed by atoms with van der Waals surface area (Å²) in [6.07, 6.45) is 0.305. The quantitative estimate of drug-likeness (QED) is 0.432. The van der Waals surface area contributed by atoms with Gasteiger partial charge < -0.3 is 10.6 Å². The molecule has 2 amide bonds. The monoisotopic (exact) mass is 454 g/mol. The smallest absolute Gasteiger partial charge is 0.278 e. The van der Waals surface area contributed by atoms with E-state index in [4.69, 9.17) is 0 Å². The Hall–Kier alpha value is -4.26. The minimum atomic E-state index is -0.808. The number of amides is 2. The number of benzene rings is 3. The van der Waals surface area contributed by atoms with E-state index in [1.165, 1.54) is 4.57 Å². The van der Waals surface area contributed by atoms with Gasteiger partial charge in [0.15, 0.2) is 0 Å². The number of rotatable bonds is 6. The maximum Gasteiger partial charge on any atom is 0.278 e. The van der Waals surface area contributed by atoms with E-state index in [0.29, 0.717) is 34.4 Å². The molecule has 4 aromatic rings. The van der Waals surface area contributed by atoms with Crippen molar-refractivity contribution in [3.05, 3.63) is 88.7 Å². The summed E-state index contributed by atoms with van der Waals surface area (Å²) in [6.45, 7) is 5.35. The lowest BCUT2D eigenvalue weighted by Gasteiger charge is -2.20. The van der Waals surface area contributed by atoms with Crippen LogP contribution in [-0.2, 0) is 9.59 Å². The van der Waals surface area contributed by atoms with E-state index in [9.17, 15) is 14.4 Å². The maximum atomic E-state index is 13.8. The number of nitrogens with zero attached hydrogens (tertiary/aromatic N) is 2. The summed E-state index contributed by atoms with van der Waals surface area (Å²) in [7, 11) is 0. The molecule has 7 heteroatoms. The molecule has 1 atom stereocenters. The Balaban J connectivity index is 1.88. The second-order valence-electron chi connectivity index (χ2n) is 8.11. The van der Waals surface area contributed by atoms with Gasteiger partial charge in [-0.05, 0) is 50.2 Å². The molecule has 4 rings (SSSR count). The van der Waals surface area contributed by atoms with E-state index in [-0.39, 0.29) is 17.5 Å². The van der Waals surface area contributed by atoms with Crippen LogP contribution in [0.15, 0.2) is 77.6 Å². The van der Waals surface area contributed by atoms with Crippen molar-refractivity contribution in [1.29, 1.82) is 0 Å². The first kappa shape index (κ1) is 22.9. The maximum absolute atomic E-state index is 13.8. The van der Waals surface area contributed by atoms with Crippen molar-refractivity contribution in [2.45, 2.75) is 33.2 Å². The van der Waals surface area contributed by atoms with Crippen molar-refractivity contribution < 1.29 is 9.59 Å². The molecule has 1 unspecified atom stereocenters. The first-order chi connectivity index (χ1) is 16.4. The van der Waals surface area contributed by atoms with Gasteiger partial charge in [0.25, 0.3) is 5.56 Å². The van der Waals surface area contributed by atoms with Crippen LogP contribution in [0.25, 0.3) is 22.3 Å². The molecule has 0 spiro atoms. The van der Waals surface area contributed by atoms with Crippen molar-refractivity contribution in [3.8, 4) is 11.3 Å². The minimum Gasteiger partial charge on any atom is -0.325 e. The zero-order chi connectivity index (χ0) is 24.2. The van der Waals surface area contributed by atoms with Crippen LogP contribution in [0.1, 0.15) is 31.9 Å². The van der Waals surface area contributed by atoms with Gasteiger partial charge in [-0.2, -0.15) is 0 Å². The summed E-state index contributed by atoms with van der Waals surface area (Å²) in [5.41, 5.74) is 3.48. The zero-order valence-electron chi connectivity index (χ0n) is 19.3. The lowest BCUT2D eigenvalue weighted by atomic mass is 10.1. The molecule has 0 radical (unpaired) electrons. The van der Waals surface area contributed by atoms with Crippen LogP contribution in [0.5, 0.6) is 0 Å². The molecular weight excluding hydrogens is 428 g/mol. The molecule has 2 N–H and O–H groups in total. The third kappa shape index (κ3) is 4.59. The Morgan fingerprint density at radius 1 is 0.971 bits per heavy atom. The summed E-state index contributed by atoms with van der Waals surface area (Å²) in [6, 6.07) is 21.0. The van der Waals surface area contributed by atoms with Crippen LogP contribution < -0.4 is 16.2 Å². The Morgan fingerprint density at radius 3 is 2.41 bits per heavy atom. The molecule has 0 aliphatic rings. The third-order valence-corrected chi connectivity index (χ3v) is 5.63. The second-order valence-corrected chi connectivity index (χ2v) is 8.11. The van der Waals surface area contributed by atoms with E-state index in [1.54, 1.807) is 50.2 Å². The minimum absolute atomic E-state index is 0.165. The number of carbonyl (C=O) groups is 2. The van der Waals surface area contributed by atoms with E-state index in [2.05, 4.69) is 15.6 Å². The molecule has 0 bridgehead atoms. The van der Waals surface area contributed by atoms with Crippen LogP contribution in [0.3, 0.4) is 0 Å². The summed E-state index contributed by atoms with van der Waals surface area (Å²) < 4.78 is 1.46. The number of aryl methyl sites for hydroxylation is 1. The molecule has 34 heavy (non-hydrogen) atoms. The highest BCUT2D eigenvalue weighted by Crippen LogP contribution is 2.28. The molecule has 0 saturated carbocycles. The lowest BCUT2D eigenvalue weighted by molar-refractivity contribution is -0.119. The first-order valence-electron chi connectivity index (χ1n) is 11.2. The molecule has 7 nitrogen and oxygen atoms in total. The number of fused-ring (bicyclic) bond motifs is 1. The topological polar surface area (TPSA) is 93.1 Å². The van der Waals surface area contributed by atoms with Crippen molar-refractivity contribution >= 4 is 34.2 Å². The first-order valence-corrected chi connectivity index (χ1v) is 11.2. The Kier molecular flexibility index (Phi) is 6.54. The van der Waals surface area contributed by atoms with Gasteiger partial charge in [-0.1, -0.05) is 48.9 Å². The summed E-state index contributed by atoms with van der Waals surface area (Å²) in [5, 5.41) is 5.73. The summed E-state index contributed by atoms with van der Waals surface area (Å²) in [4.78, 5) is 43.7. The van der Waals surface area contributed by atoms with Crippen LogP contribution in [0, 0.1) is 6.92 Å². The summed E-state index contributed by atoms with van der Waals surface area (Å²) in [5.74, 6) is -0.485. The van der Waals surface area contributed by atoms with Gasteiger partial charge in [0.1, 0.15) is 11.7 Å².